The second-order valence-electron chi connectivity index (χ2n) is 3.96. The first-order chi connectivity index (χ1) is 10.0. The summed E-state index contributed by atoms with van der Waals surface area (Å²) in [5.74, 6) is 2.00. The van der Waals surface area contributed by atoms with Crippen LogP contribution in [0.15, 0.2) is 56.4 Å². The van der Waals surface area contributed by atoms with E-state index in [0.29, 0.717) is 23.1 Å². The number of rotatable bonds is 5. The van der Waals surface area contributed by atoms with Crippen LogP contribution in [0.2, 0.25) is 5.02 Å². The molecule has 6 heteroatoms. The Hall–Kier alpha value is -0.490. The van der Waals surface area contributed by atoms with Crippen molar-refractivity contribution in [3.8, 4) is 17.2 Å². The van der Waals surface area contributed by atoms with Crippen LogP contribution in [0.3, 0.4) is 0 Å². The van der Waals surface area contributed by atoms with Gasteiger partial charge in [0.1, 0.15) is 23.9 Å². The fraction of sp³-hybridized carbons (Fsp3) is 0.0667. The molecule has 2 nitrogen and oxygen atoms in total. The van der Waals surface area contributed by atoms with Crippen molar-refractivity contribution in [2.24, 2.45) is 0 Å². The summed E-state index contributed by atoms with van der Waals surface area (Å²) in [7, 11) is 0. The molecule has 0 aliphatic rings. The van der Waals surface area contributed by atoms with Crippen molar-refractivity contribution in [2.45, 2.75) is 0 Å². The van der Waals surface area contributed by atoms with Crippen LogP contribution < -0.4 is 9.47 Å². The maximum atomic E-state index is 6.18. The largest absolute Gasteiger partial charge is 0.488 e. The highest BCUT2D eigenvalue weighted by atomic mass is 79.9. The monoisotopic (exact) mass is 494 g/mol. The SMILES string of the molecule is Clc1cc(Oc2cccc(Br)c2)ccc1OCC=C(Br)Br. The van der Waals surface area contributed by atoms with Gasteiger partial charge in [0.2, 0.25) is 0 Å². The lowest BCUT2D eigenvalue weighted by molar-refractivity contribution is 0.362. The van der Waals surface area contributed by atoms with Crippen molar-refractivity contribution in [2.75, 3.05) is 6.61 Å². The summed E-state index contributed by atoms with van der Waals surface area (Å²) in [6.07, 6.45) is 1.84. The van der Waals surface area contributed by atoms with E-state index in [-0.39, 0.29) is 0 Å². The maximum Gasteiger partial charge on any atom is 0.138 e. The third kappa shape index (κ3) is 5.66. The highest BCUT2D eigenvalue weighted by molar-refractivity contribution is 9.28. The topological polar surface area (TPSA) is 18.5 Å². The number of hydrogen-bond donors (Lipinski definition) is 0. The number of halogens is 4. The highest BCUT2D eigenvalue weighted by Gasteiger charge is 2.05. The molecule has 0 aliphatic heterocycles. The second kappa shape index (κ2) is 8.22. The third-order valence-corrected chi connectivity index (χ3v) is 3.85. The van der Waals surface area contributed by atoms with Gasteiger partial charge in [-0.1, -0.05) is 33.6 Å². The Bertz CT molecular complexity index is 655. The van der Waals surface area contributed by atoms with Crippen molar-refractivity contribution >= 4 is 59.4 Å². The minimum absolute atomic E-state index is 0.414. The van der Waals surface area contributed by atoms with E-state index in [1.165, 1.54) is 0 Å². The fourth-order valence-corrected chi connectivity index (χ4v) is 2.39. The van der Waals surface area contributed by atoms with E-state index in [1.807, 2.05) is 36.4 Å². The van der Waals surface area contributed by atoms with Gasteiger partial charge >= 0.3 is 0 Å². The summed E-state index contributed by atoms with van der Waals surface area (Å²) in [4.78, 5) is 0. The molecule has 2 rings (SSSR count). The van der Waals surface area contributed by atoms with Crippen LogP contribution in [0.1, 0.15) is 0 Å². The van der Waals surface area contributed by atoms with Crippen LogP contribution in [0.4, 0.5) is 0 Å². The molecule has 2 aromatic carbocycles. The minimum Gasteiger partial charge on any atom is -0.488 e. The van der Waals surface area contributed by atoms with Gasteiger partial charge in [0.15, 0.2) is 0 Å². The normalized spacial score (nSPS) is 10.1. The predicted octanol–water partition coefficient (Wildman–Crippen LogP) is 6.90. The molecule has 0 spiro atoms. The van der Waals surface area contributed by atoms with Crippen LogP contribution in [-0.2, 0) is 0 Å². The second-order valence-corrected chi connectivity index (χ2v) is 8.05. The molecular formula is C15H10Br3ClO2. The van der Waals surface area contributed by atoms with Crippen LogP contribution in [0.5, 0.6) is 17.2 Å². The van der Waals surface area contributed by atoms with E-state index >= 15 is 0 Å². The van der Waals surface area contributed by atoms with E-state index in [0.717, 1.165) is 13.6 Å². The van der Waals surface area contributed by atoms with E-state index in [9.17, 15) is 0 Å². The predicted molar refractivity (Wildman–Crippen MR) is 97.1 cm³/mol. The molecule has 0 saturated carbocycles. The van der Waals surface area contributed by atoms with Crippen molar-refractivity contribution in [1.82, 2.24) is 0 Å². The standard InChI is InChI=1S/C15H10Br3ClO2/c16-10-2-1-3-11(8-10)21-12-4-5-14(13(19)9-12)20-7-6-15(17)18/h1-6,8-9H,7H2. The van der Waals surface area contributed by atoms with Crippen molar-refractivity contribution in [1.29, 1.82) is 0 Å². The quantitative estimate of drug-likeness (QED) is 0.447. The number of hydrogen-bond acceptors (Lipinski definition) is 2. The molecule has 0 amide bonds. The van der Waals surface area contributed by atoms with Gasteiger partial charge in [-0.25, -0.2) is 0 Å². The van der Waals surface area contributed by atoms with Gasteiger partial charge in [0, 0.05) is 10.5 Å². The molecule has 0 aromatic heterocycles. The van der Waals surface area contributed by atoms with Crippen molar-refractivity contribution < 1.29 is 9.47 Å². The Morgan fingerprint density at radius 3 is 2.52 bits per heavy atom. The molecule has 0 aliphatic carbocycles. The van der Waals surface area contributed by atoms with Gasteiger partial charge in [-0.2, -0.15) is 0 Å². The summed E-state index contributed by atoms with van der Waals surface area (Å²) < 4.78 is 13.1. The van der Waals surface area contributed by atoms with Gasteiger partial charge in [-0.3, -0.25) is 0 Å². The lowest BCUT2D eigenvalue weighted by Gasteiger charge is -2.09. The lowest BCUT2D eigenvalue weighted by Crippen LogP contribution is -1.94. The molecule has 0 bridgehead atoms. The molecule has 0 radical (unpaired) electrons. The summed E-state index contributed by atoms with van der Waals surface area (Å²) in [6, 6.07) is 12.9. The fourth-order valence-electron chi connectivity index (χ4n) is 1.52. The Morgan fingerprint density at radius 1 is 1.10 bits per heavy atom. The smallest absolute Gasteiger partial charge is 0.138 e. The zero-order valence-electron chi connectivity index (χ0n) is 10.7. The minimum atomic E-state index is 0.414. The van der Waals surface area contributed by atoms with Gasteiger partial charge in [-0.05, 0) is 68.3 Å². The molecule has 0 unspecified atom stereocenters. The Labute approximate surface area is 153 Å². The Kier molecular flexibility index (Phi) is 6.61. The van der Waals surface area contributed by atoms with Crippen molar-refractivity contribution in [3.05, 3.63) is 61.4 Å². The first kappa shape index (κ1) is 16.9. The van der Waals surface area contributed by atoms with Crippen LogP contribution in [0, 0.1) is 0 Å². The first-order valence-corrected chi connectivity index (χ1v) is 8.67. The summed E-state index contributed by atoms with van der Waals surface area (Å²) in [6.45, 7) is 0.414. The average molecular weight is 497 g/mol. The molecule has 0 N–H and O–H groups in total. The molecule has 2 aromatic rings. The Balaban J connectivity index is 2.06. The zero-order chi connectivity index (χ0) is 15.2. The zero-order valence-corrected chi connectivity index (χ0v) is 16.2. The summed E-state index contributed by atoms with van der Waals surface area (Å²) in [5.41, 5.74) is 0. The molecule has 21 heavy (non-hydrogen) atoms. The van der Waals surface area contributed by atoms with E-state index in [4.69, 9.17) is 21.1 Å². The maximum absolute atomic E-state index is 6.18. The molecule has 0 atom stereocenters. The molecule has 110 valence electrons. The van der Waals surface area contributed by atoms with Crippen LogP contribution in [-0.4, -0.2) is 6.61 Å². The molecule has 0 saturated heterocycles. The van der Waals surface area contributed by atoms with Crippen molar-refractivity contribution in [3.63, 3.8) is 0 Å². The molecular weight excluding hydrogens is 487 g/mol. The van der Waals surface area contributed by atoms with Crippen LogP contribution >= 0.6 is 59.4 Å². The van der Waals surface area contributed by atoms with Gasteiger partial charge in [-0.15, -0.1) is 0 Å². The van der Waals surface area contributed by atoms with Gasteiger partial charge < -0.3 is 9.47 Å². The molecule has 0 fully saturated rings. The number of benzene rings is 2. The number of ether oxygens (including phenoxy) is 2. The first-order valence-electron chi connectivity index (χ1n) is 5.91. The van der Waals surface area contributed by atoms with E-state index in [1.54, 1.807) is 12.1 Å². The highest BCUT2D eigenvalue weighted by Crippen LogP contribution is 2.32. The van der Waals surface area contributed by atoms with Crippen LogP contribution in [0.25, 0.3) is 0 Å². The Morgan fingerprint density at radius 2 is 1.86 bits per heavy atom. The average Bonchev–Trinajstić information content (AvgIpc) is 2.41. The summed E-state index contributed by atoms with van der Waals surface area (Å²) in [5, 5.41) is 0.501. The third-order valence-electron chi connectivity index (χ3n) is 2.41. The lowest BCUT2D eigenvalue weighted by atomic mass is 10.3. The van der Waals surface area contributed by atoms with E-state index < -0.39 is 0 Å². The van der Waals surface area contributed by atoms with Gasteiger partial charge in [0.25, 0.3) is 0 Å². The summed E-state index contributed by atoms with van der Waals surface area (Å²) >= 11 is 16.1. The van der Waals surface area contributed by atoms with Gasteiger partial charge in [0.05, 0.1) is 8.41 Å². The van der Waals surface area contributed by atoms with E-state index in [2.05, 4.69) is 47.8 Å². The molecule has 0 heterocycles.